The topological polar surface area (TPSA) is 41.6 Å². The molecule has 2 aromatic carbocycles. The van der Waals surface area contributed by atoms with E-state index >= 15 is 0 Å². The Labute approximate surface area is 149 Å². The molecule has 2 aliphatic rings. The standard InChI is InChI=1S/C19H19BrN2O2/c20-16-2-1-3-18(8-16)24-17-6-4-13(5-7-17)19(23)22-11-14-9-21-10-15(14)12-22/h1-8,14-15,21H,9-12H2/t14-,15+. The number of ether oxygens (including phenoxy) is 1. The summed E-state index contributed by atoms with van der Waals surface area (Å²) in [6.07, 6.45) is 0. The maximum Gasteiger partial charge on any atom is 0.253 e. The van der Waals surface area contributed by atoms with Gasteiger partial charge in [0.2, 0.25) is 0 Å². The second kappa shape index (κ2) is 6.57. The lowest BCUT2D eigenvalue weighted by Crippen LogP contribution is -2.31. The van der Waals surface area contributed by atoms with Gasteiger partial charge in [-0.2, -0.15) is 0 Å². The first-order chi connectivity index (χ1) is 11.7. The molecular formula is C19H19BrN2O2. The van der Waals surface area contributed by atoms with E-state index in [-0.39, 0.29) is 5.91 Å². The molecule has 2 aliphatic heterocycles. The zero-order chi connectivity index (χ0) is 16.5. The molecule has 2 atom stereocenters. The summed E-state index contributed by atoms with van der Waals surface area (Å²) in [7, 11) is 0. The van der Waals surface area contributed by atoms with Crippen LogP contribution in [0.3, 0.4) is 0 Å². The van der Waals surface area contributed by atoms with Gasteiger partial charge in [0.05, 0.1) is 0 Å². The minimum absolute atomic E-state index is 0.124. The van der Waals surface area contributed by atoms with E-state index < -0.39 is 0 Å². The molecule has 0 bridgehead atoms. The molecule has 2 aromatic rings. The summed E-state index contributed by atoms with van der Waals surface area (Å²) in [4.78, 5) is 14.6. The van der Waals surface area contributed by atoms with Gasteiger partial charge in [-0.25, -0.2) is 0 Å². The molecule has 0 saturated carbocycles. The van der Waals surface area contributed by atoms with Gasteiger partial charge >= 0.3 is 0 Å². The number of halogens is 1. The fourth-order valence-corrected chi connectivity index (χ4v) is 3.91. The van der Waals surface area contributed by atoms with Crippen LogP contribution in [-0.2, 0) is 0 Å². The Morgan fingerprint density at radius 3 is 2.42 bits per heavy atom. The first-order valence-electron chi connectivity index (χ1n) is 8.22. The molecule has 0 aromatic heterocycles. The molecule has 0 aliphatic carbocycles. The number of fused-ring (bicyclic) bond motifs is 1. The summed E-state index contributed by atoms with van der Waals surface area (Å²) in [6, 6.07) is 15.1. The van der Waals surface area contributed by atoms with Crippen LogP contribution in [0, 0.1) is 11.8 Å². The Bertz CT molecular complexity index is 735. The molecule has 124 valence electrons. The van der Waals surface area contributed by atoms with Gasteiger partial charge in [0, 0.05) is 36.2 Å². The molecule has 4 rings (SSSR count). The Kier molecular flexibility index (Phi) is 4.29. The summed E-state index contributed by atoms with van der Waals surface area (Å²) in [5, 5.41) is 3.40. The highest BCUT2D eigenvalue weighted by molar-refractivity contribution is 9.10. The number of likely N-dealkylation sites (tertiary alicyclic amines) is 1. The van der Waals surface area contributed by atoms with Crippen molar-refractivity contribution in [2.75, 3.05) is 26.2 Å². The largest absolute Gasteiger partial charge is 0.457 e. The van der Waals surface area contributed by atoms with E-state index in [1.165, 1.54) is 0 Å². The molecule has 0 radical (unpaired) electrons. The average Bonchev–Trinajstić information content (AvgIpc) is 3.16. The summed E-state index contributed by atoms with van der Waals surface area (Å²) in [6.45, 7) is 3.81. The van der Waals surface area contributed by atoms with Gasteiger partial charge in [-0.05, 0) is 54.3 Å². The summed E-state index contributed by atoms with van der Waals surface area (Å²) in [5.41, 5.74) is 0.726. The SMILES string of the molecule is O=C(c1ccc(Oc2cccc(Br)c2)cc1)N1C[C@H]2CNC[C@H]2C1. The number of carbonyl (C=O) groups excluding carboxylic acids is 1. The van der Waals surface area contributed by atoms with Crippen LogP contribution in [0.4, 0.5) is 0 Å². The fraction of sp³-hybridized carbons (Fsp3) is 0.316. The van der Waals surface area contributed by atoms with Gasteiger partial charge in [-0.1, -0.05) is 22.0 Å². The molecule has 2 saturated heterocycles. The number of rotatable bonds is 3. The highest BCUT2D eigenvalue weighted by Crippen LogP contribution is 2.28. The average molecular weight is 387 g/mol. The highest BCUT2D eigenvalue weighted by Gasteiger charge is 2.38. The lowest BCUT2D eigenvalue weighted by molar-refractivity contribution is 0.0781. The first-order valence-corrected chi connectivity index (χ1v) is 9.02. The minimum Gasteiger partial charge on any atom is -0.457 e. The van der Waals surface area contributed by atoms with Gasteiger partial charge in [0.15, 0.2) is 0 Å². The van der Waals surface area contributed by atoms with E-state index in [4.69, 9.17) is 4.74 Å². The predicted octanol–water partition coefficient (Wildman–Crippen LogP) is 3.53. The molecule has 2 heterocycles. The van der Waals surface area contributed by atoms with E-state index in [1.54, 1.807) is 0 Å². The van der Waals surface area contributed by atoms with Crippen molar-refractivity contribution < 1.29 is 9.53 Å². The zero-order valence-electron chi connectivity index (χ0n) is 13.2. The summed E-state index contributed by atoms with van der Waals surface area (Å²) < 4.78 is 6.79. The molecule has 1 N–H and O–H groups in total. The molecule has 1 amide bonds. The molecule has 5 heteroatoms. The van der Waals surface area contributed by atoms with E-state index in [0.29, 0.717) is 11.8 Å². The number of nitrogens with one attached hydrogen (secondary N) is 1. The van der Waals surface area contributed by atoms with Gasteiger partial charge < -0.3 is 15.0 Å². The Morgan fingerprint density at radius 1 is 1.04 bits per heavy atom. The quantitative estimate of drug-likeness (QED) is 0.876. The Morgan fingerprint density at radius 2 is 1.75 bits per heavy atom. The van der Waals surface area contributed by atoms with Crippen LogP contribution < -0.4 is 10.1 Å². The number of benzene rings is 2. The van der Waals surface area contributed by atoms with Crippen LogP contribution in [0.15, 0.2) is 53.0 Å². The third-order valence-electron chi connectivity index (χ3n) is 4.81. The van der Waals surface area contributed by atoms with Crippen molar-refractivity contribution in [2.45, 2.75) is 0 Å². The Balaban J connectivity index is 1.43. The van der Waals surface area contributed by atoms with Crippen LogP contribution in [0.25, 0.3) is 0 Å². The van der Waals surface area contributed by atoms with Crippen molar-refractivity contribution in [3.8, 4) is 11.5 Å². The van der Waals surface area contributed by atoms with Crippen molar-refractivity contribution in [2.24, 2.45) is 11.8 Å². The molecule has 24 heavy (non-hydrogen) atoms. The number of nitrogens with zero attached hydrogens (tertiary/aromatic N) is 1. The van der Waals surface area contributed by atoms with Crippen LogP contribution in [0.5, 0.6) is 11.5 Å². The van der Waals surface area contributed by atoms with Crippen LogP contribution >= 0.6 is 15.9 Å². The van der Waals surface area contributed by atoms with Gasteiger partial charge in [-0.3, -0.25) is 4.79 Å². The number of hydrogen-bond acceptors (Lipinski definition) is 3. The Hall–Kier alpha value is -1.85. The van der Waals surface area contributed by atoms with Gasteiger partial charge in [-0.15, -0.1) is 0 Å². The molecular weight excluding hydrogens is 368 g/mol. The lowest BCUT2D eigenvalue weighted by atomic mass is 10.0. The molecule has 2 fully saturated rings. The fourth-order valence-electron chi connectivity index (χ4n) is 3.54. The molecule has 4 nitrogen and oxygen atoms in total. The van der Waals surface area contributed by atoms with Crippen molar-refractivity contribution in [1.29, 1.82) is 0 Å². The number of hydrogen-bond donors (Lipinski definition) is 1. The van der Waals surface area contributed by atoms with Crippen molar-refractivity contribution in [1.82, 2.24) is 10.2 Å². The number of amides is 1. The third-order valence-corrected chi connectivity index (χ3v) is 5.30. The maximum absolute atomic E-state index is 12.7. The first kappa shape index (κ1) is 15.7. The summed E-state index contributed by atoms with van der Waals surface area (Å²) in [5.74, 6) is 2.86. The van der Waals surface area contributed by atoms with Gasteiger partial charge in [0.1, 0.15) is 11.5 Å². The minimum atomic E-state index is 0.124. The third kappa shape index (κ3) is 3.19. The maximum atomic E-state index is 12.7. The molecule has 0 spiro atoms. The van der Waals surface area contributed by atoms with E-state index in [0.717, 1.165) is 47.7 Å². The van der Waals surface area contributed by atoms with E-state index in [2.05, 4.69) is 21.2 Å². The second-order valence-corrected chi connectivity index (χ2v) is 7.39. The monoisotopic (exact) mass is 386 g/mol. The smallest absolute Gasteiger partial charge is 0.253 e. The normalized spacial score (nSPS) is 22.5. The predicted molar refractivity (Wildman–Crippen MR) is 96.4 cm³/mol. The van der Waals surface area contributed by atoms with Gasteiger partial charge in [0.25, 0.3) is 5.91 Å². The van der Waals surface area contributed by atoms with Crippen molar-refractivity contribution >= 4 is 21.8 Å². The van der Waals surface area contributed by atoms with E-state index in [9.17, 15) is 4.79 Å². The van der Waals surface area contributed by atoms with Crippen molar-refractivity contribution in [3.63, 3.8) is 0 Å². The van der Waals surface area contributed by atoms with E-state index in [1.807, 2.05) is 53.4 Å². The number of carbonyl (C=O) groups is 1. The van der Waals surface area contributed by atoms with Crippen molar-refractivity contribution in [3.05, 3.63) is 58.6 Å². The van der Waals surface area contributed by atoms with Crippen LogP contribution in [0.2, 0.25) is 0 Å². The van der Waals surface area contributed by atoms with Crippen LogP contribution in [0.1, 0.15) is 10.4 Å². The summed E-state index contributed by atoms with van der Waals surface area (Å²) >= 11 is 3.43. The lowest BCUT2D eigenvalue weighted by Gasteiger charge is -2.17. The highest BCUT2D eigenvalue weighted by atomic mass is 79.9. The molecule has 0 unspecified atom stereocenters. The van der Waals surface area contributed by atoms with Crippen LogP contribution in [-0.4, -0.2) is 37.0 Å². The second-order valence-electron chi connectivity index (χ2n) is 6.47. The zero-order valence-corrected chi connectivity index (χ0v) is 14.8.